The summed E-state index contributed by atoms with van der Waals surface area (Å²) in [5, 5.41) is 17.3. The Morgan fingerprint density at radius 2 is 2.25 bits per heavy atom. The molecular formula is C7H8ClNO3. The minimum atomic E-state index is -1.47. The predicted octanol–water partition coefficient (Wildman–Crippen LogP) is 0.621. The lowest BCUT2D eigenvalue weighted by molar-refractivity contribution is -0.146. The Labute approximate surface area is 75.3 Å². The van der Waals surface area contributed by atoms with Gasteiger partial charge in [-0.2, -0.15) is 0 Å². The molecule has 66 valence electrons. The minimum Gasteiger partial charge on any atom is -0.479 e. The van der Waals surface area contributed by atoms with Gasteiger partial charge >= 0.3 is 5.97 Å². The third kappa shape index (κ3) is 2.48. The van der Waals surface area contributed by atoms with E-state index in [1.165, 1.54) is 18.5 Å². The molecule has 1 atom stereocenters. The number of hydrogen-bond acceptors (Lipinski definition) is 3. The summed E-state index contributed by atoms with van der Waals surface area (Å²) in [4.78, 5) is 13.9. The fourth-order valence-electron chi connectivity index (χ4n) is 0.680. The van der Waals surface area contributed by atoms with Crippen molar-refractivity contribution in [2.75, 3.05) is 0 Å². The zero-order valence-corrected chi connectivity index (χ0v) is 6.86. The second-order valence-corrected chi connectivity index (χ2v) is 2.03. The smallest absolute Gasteiger partial charge is 0.337 e. The first-order chi connectivity index (χ1) is 5.22. The van der Waals surface area contributed by atoms with Crippen LogP contribution in [0.2, 0.25) is 0 Å². The topological polar surface area (TPSA) is 70.4 Å². The van der Waals surface area contributed by atoms with E-state index < -0.39 is 12.1 Å². The molecule has 0 saturated heterocycles. The molecule has 1 heterocycles. The molecule has 1 aromatic rings. The van der Waals surface area contributed by atoms with Crippen LogP contribution in [0.25, 0.3) is 0 Å². The van der Waals surface area contributed by atoms with Gasteiger partial charge in [-0.1, -0.05) is 6.07 Å². The monoisotopic (exact) mass is 189 g/mol. The molecule has 0 bridgehead atoms. The molecule has 0 aliphatic carbocycles. The Morgan fingerprint density at radius 1 is 1.58 bits per heavy atom. The Bertz CT molecular complexity index is 252. The van der Waals surface area contributed by atoms with Crippen LogP contribution < -0.4 is 0 Å². The highest BCUT2D eigenvalue weighted by Gasteiger charge is 2.14. The summed E-state index contributed by atoms with van der Waals surface area (Å²) in [7, 11) is 0. The predicted molar refractivity (Wildman–Crippen MR) is 44.1 cm³/mol. The Kier molecular flexibility index (Phi) is 4.25. The van der Waals surface area contributed by atoms with Gasteiger partial charge in [0.25, 0.3) is 0 Å². The van der Waals surface area contributed by atoms with E-state index in [4.69, 9.17) is 10.2 Å². The van der Waals surface area contributed by atoms with Gasteiger partial charge in [-0.15, -0.1) is 12.4 Å². The Balaban J connectivity index is 0.00000121. The molecule has 5 heteroatoms. The van der Waals surface area contributed by atoms with Crippen LogP contribution in [0.15, 0.2) is 24.5 Å². The molecular weight excluding hydrogens is 182 g/mol. The van der Waals surface area contributed by atoms with Crippen LogP contribution in [-0.4, -0.2) is 21.2 Å². The SMILES string of the molecule is Cl.O=C(O)C(O)c1cccnc1. The quantitative estimate of drug-likeness (QED) is 0.716. The number of aliphatic hydroxyl groups is 1. The summed E-state index contributed by atoms with van der Waals surface area (Å²) >= 11 is 0. The summed E-state index contributed by atoms with van der Waals surface area (Å²) in [6, 6.07) is 3.08. The molecule has 0 aliphatic rings. The molecule has 0 aromatic carbocycles. The van der Waals surface area contributed by atoms with Crippen LogP contribution in [0.5, 0.6) is 0 Å². The van der Waals surface area contributed by atoms with Crippen molar-refractivity contribution in [3.8, 4) is 0 Å². The molecule has 4 nitrogen and oxygen atoms in total. The average Bonchev–Trinajstić information content (AvgIpc) is 2.05. The number of carbonyl (C=O) groups is 1. The summed E-state index contributed by atoms with van der Waals surface area (Å²) in [6.07, 6.45) is 1.36. The molecule has 0 radical (unpaired) electrons. The van der Waals surface area contributed by atoms with Crippen molar-refractivity contribution in [1.82, 2.24) is 4.98 Å². The van der Waals surface area contributed by atoms with Crippen molar-refractivity contribution < 1.29 is 15.0 Å². The lowest BCUT2D eigenvalue weighted by Crippen LogP contribution is -2.10. The van der Waals surface area contributed by atoms with E-state index >= 15 is 0 Å². The van der Waals surface area contributed by atoms with Gasteiger partial charge in [0.1, 0.15) is 0 Å². The van der Waals surface area contributed by atoms with Gasteiger partial charge in [-0.3, -0.25) is 4.98 Å². The Hall–Kier alpha value is -1.13. The zero-order chi connectivity index (χ0) is 8.27. The number of halogens is 1. The number of pyridine rings is 1. The second kappa shape index (κ2) is 4.69. The van der Waals surface area contributed by atoms with E-state index in [-0.39, 0.29) is 12.4 Å². The number of aliphatic carboxylic acids is 1. The van der Waals surface area contributed by atoms with Crippen LogP contribution in [0, 0.1) is 0 Å². The first-order valence-corrected chi connectivity index (χ1v) is 3.02. The van der Waals surface area contributed by atoms with Crippen molar-refractivity contribution in [2.45, 2.75) is 6.10 Å². The van der Waals surface area contributed by atoms with Crippen LogP contribution in [0.1, 0.15) is 11.7 Å². The average molecular weight is 190 g/mol. The maximum atomic E-state index is 10.2. The number of aromatic nitrogens is 1. The number of carboxylic acid groups (broad SMARTS) is 1. The highest BCUT2D eigenvalue weighted by Crippen LogP contribution is 2.09. The largest absolute Gasteiger partial charge is 0.479 e. The van der Waals surface area contributed by atoms with Crippen LogP contribution >= 0.6 is 12.4 Å². The fraction of sp³-hybridized carbons (Fsp3) is 0.143. The maximum absolute atomic E-state index is 10.2. The lowest BCUT2D eigenvalue weighted by atomic mass is 10.2. The number of aliphatic hydroxyl groups excluding tert-OH is 1. The van der Waals surface area contributed by atoms with Gasteiger partial charge < -0.3 is 10.2 Å². The van der Waals surface area contributed by atoms with E-state index in [0.29, 0.717) is 5.56 Å². The van der Waals surface area contributed by atoms with Crippen molar-refractivity contribution in [1.29, 1.82) is 0 Å². The number of rotatable bonds is 2. The van der Waals surface area contributed by atoms with E-state index in [1.54, 1.807) is 6.07 Å². The zero-order valence-electron chi connectivity index (χ0n) is 6.04. The van der Waals surface area contributed by atoms with Gasteiger partial charge in [0.15, 0.2) is 6.10 Å². The van der Waals surface area contributed by atoms with Gasteiger partial charge in [0.05, 0.1) is 0 Å². The molecule has 0 spiro atoms. The molecule has 0 fully saturated rings. The number of hydrogen-bond donors (Lipinski definition) is 2. The molecule has 12 heavy (non-hydrogen) atoms. The molecule has 1 unspecified atom stereocenters. The highest BCUT2D eigenvalue weighted by atomic mass is 35.5. The van der Waals surface area contributed by atoms with Crippen LogP contribution in [0.4, 0.5) is 0 Å². The summed E-state index contributed by atoms with van der Waals surface area (Å²) in [6.45, 7) is 0. The third-order valence-corrected chi connectivity index (χ3v) is 1.23. The first-order valence-electron chi connectivity index (χ1n) is 3.02. The normalized spacial score (nSPS) is 11.4. The lowest BCUT2D eigenvalue weighted by Gasteiger charge is -2.02. The van der Waals surface area contributed by atoms with Gasteiger partial charge in [-0.25, -0.2) is 4.79 Å². The standard InChI is InChI=1S/C7H7NO3.ClH/c9-6(7(10)11)5-2-1-3-8-4-5;/h1-4,6,9H,(H,10,11);1H. The van der Waals surface area contributed by atoms with Crippen molar-refractivity contribution in [3.63, 3.8) is 0 Å². The summed E-state index contributed by atoms with van der Waals surface area (Å²) in [5.41, 5.74) is 0.292. The first kappa shape index (κ1) is 10.9. The molecule has 2 N–H and O–H groups in total. The second-order valence-electron chi connectivity index (χ2n) is 2.03. The minimum absolute atomic E-state index is 0. The fourth-order valence-corrected chi connectivity index (χ4v) is 0.680. The van der Waals surface area contributed by atoms with Gasteiger partial charge in [0, 0.05) is 18.0 Å². The van der Waals surface area contributed by atoms with E-state index in [0.717, 1.165) is 0 Å². The molecule has 0 aliphatic heterocycles. The van der Waals surface area contributed by atoms with E-state index in [9.17, 15) is 4.79 Å². The van der Waals surface area contributed by atoms with E-state index in [1.807, 2.05) is 0 Å². The Morgan fingerprint density at radius 3 is 2.67 bits per heavy atom. The highest BCUT2D eigenvalue weighted by molar-refractivity contribution is 5.85. The van der Waals surface area contributed by atoms with Crippen LogP contribution in [-0.2, 0) is 4.79 Å². The summed E-state index contributed by atoms with van der Waals surface area (Å²) in [5.74, 6) is -1.27. The van der Waals surface area contributed by atoms with E-state index in [2.05, 4.69) is 4.98 Å². The van der Waals surface area contributed by atoms with Crippen molar-refractivity contribution >= 4 is 18.4 Å². The van der Waals surface area contributed by atoms with Gasteiger partial charge in [0.2, 0.25) is 0 Å². The molecule has 0 amide bonds. The molecule has 0 saturated carbocycles. The molecule has 1 aromatic heterocycles. The van der Waals surface area contributed by atoms with Gasteiger partial charge in [-0.05, 0) is 6.07 Å². The number of nitrogens with zero attached hydrogens (tertiary/aromatic N) is 1. The summed E-state index contributed by atoms with van der Waals surface area (Å²) < 4.78 is 0. The van der Waals surface area contributed by atoms with Crippen LogP contribution in [0.3, 0.4) is 0 Å². The number of carboxylic acids is 1. The third-order valence-electron chi connectivity index (χ3n) is 1.23. The van der Waals surface area contributed by atoms with Crippen molar-refractivity contribution in [2.24, 2.45) is 0 Å². The molecule has 1 rings (SSSR count). The maximum Gasteiger partial charge on any atom is 0.337 e. The van der Waals surface area contributed by atoms with Crippen molar-refractivity contribution in [3.05, 3.63) is 30.1 Å².